The Kier molecular flexibility index (Phi) is 4.53. The maximum atomic E-state index is 14.3. The van der Waals surface area contributed by atoms with Gasteiger partial charge in [0.2, 0.25) is 0 Å². The van der Waals surface area contributed by atoms with Gasteiger partial charge in [0.1, 0.15) is 5.82 Å². The maximum absolute atomic E-state index is 14.3. The molecule has 1 N–H and O–H groups in total. The second-order valence-electron chi connectivity index (χ2n) is 6.15. The predicted octanol–water partition coefficient (Wildman–Crippen LogP) is 3.02. The summed E-state index contributed by atoms with van der Waals surface area (Å²) in [5.74, 6) is -1.85. The van der Waals surface area contributed by atoms with Gasteiger partial charge in [0.25, 0.3) is 10.0 Å². The smallest absolute Gasteiger partial charge is 0.329 e. The molecule has 0 aromatic heterocycles. The summed E-state index contributed by atoms with van der Waals surface area (Å²) in [6.07, 6.45) is 0.00938. The van der Waals surface area contributed by atoms with E-state index in [4.69, 9.17) is 0 Å². The molecule has 26 heavy (non-hydrogen) atoms. The average Bonchev–Trinajstić information content (AvgIpc) is 2.98. The van der Waals surface area contributed by atoms with Gasteiger partial charge >= 0.3 is 5.97 Å². The lowest BCUT2D eigenvalue weighted by Gasteiger charge is -2.22. The van der Waals surface area contributed by atoms with Gasteiger partial charge in [-0.15, -0.1) is 0 Å². The fraction of sp³-hybridized carbons (Fsp3) is 0.222. The molecule has 0 amide bonds. The number of rotatable bonds is 4. The highest BCUT2D eigenvalue weighted by Gasteiger charge is 2.40. The third kappa shape index (κ3) is 3.08. The van der Waals surface area contributed by atoms with Gasteiger partial charge in [0, 0.05) is 23.3 Å². The van der Waals surface area contributed by atoms with Crippen molar-refractivity contribution in [3.63, 3.8) is 0 Å². The second-order valence-corrected chi connectivity index (χ2v) is 7.91. The summed E-state index contributed by atoms with van der Waals surface area (Å²) in [6, 6.07) is 9.03. The Morgan fingerprint density at radius 3 is 2.54 bits per heavy atom. The summed E-state index contributed by atoms with van der Waals surface area (Å²) in [7, 11) is -4.28. The molecule has 2 aromatic rings. The minimum Gasteiger partial charge on any atom is -0.480 e. The number of carboxylic acid groups (broad SMARTS) is 1. The van der Waals surface area contributed by atoms with Crippen molar-refractivity contribution in [2.75, 3.05) is 0 Å². The van der Waals surface area contributed by atoms with E-state index in [-0.39, 0.29) is 22.4 Å². The second kappa shape index (κ2) is 6.53. The molecule has 3 rings (SSSR count). The van der Waals surface area contributed by atoms with Gasteiger partial charge in [-0.05, 0) is 32.0 Å². The quantitative estimate of drug-likeness (QED) is 0.889. The molecule has 2 aromatic carbocycles. The Hall–Kier alpha value is -2.74. The number of aryl methyl sites for hydroxylation is 1. The number of aliphatic carboxylic acids is 1. The van der Waals surface area contributed by atoms with Crippen molar-refractivity contribution in [2.24, 2.45) is 5.10 Å². The molecule has 8 heteroatoms. The minimum atomic E-state index is -4.28. The number of carboxylic acids is 1. The average molecular weight is 376 g/mol. The van der Waals surface area contributed by atoms with E-state index in [9.17, 15) is 22.7 Å². The molecule has 6 nitrogen and oxygen atoms in total. The van der Waals surface area contributed by atoms with Crippen LogP contribution in [0.4, 0.5) is 4.39 Å². The molecule has 0 spiro atoms. The summed E-state index contributed by atoms with van der Waals surface area (Å²) >= 11 is 0. The number of carbonyl (C=O) groups is 1. The Labute approximate surface area is 150 Å². The van der Waals surface area contributed by atoms with E-state index < -0.39 is 27.9 Å². The summed E-state index contributed by atoms with van der Waals surface area (Å²) in [4.78, 5) is 11.3. The van der Waals surface area contributed by atoms with Crippen molar-refractivity contribution in [3.8, 4) is 11.1 Å². The molecule has 1 unspecified atom stereocenters. The number of sulfonamides is 1. The number of hydrogen-bond acceptors (Lipinski definition) is 4. The molecule has 1 aliphatic rings. The zero-order valence-electron chi connectivity index (χ0n) is 14.2. The van der Waals surface area contributed by atoms with Gasteiger partial charge in [-0.2, -0.15) is 17.9 Å². The predicted molar refractivity (Wildman–Crippen MR) is 94.7 cm³/mol. The van der Waals surface area contributed by atoms with Gasteiger partial charge in [-0.3, -0.25) is 0 Å². The Morgan fingerprint density at radius 2 is 1.88 bits per heavy atom. The lowest BCUT2D eigenvalue weighted by atomic mass is 10.0. The number of hydrazone groups is 1. The molecule has 0 fully saturated rings. The highest BCUT2D eigenvalue weighted by molar-refractivity contribution is 7.89. The summed E-state index contributed by atoms with van der Waals surface area (Å²) in [5, 5.41) is 13.3. The van der Waals surface area contributed by atoms with E-state index in [0.717, 1.165) is 5.56 Å². The van der Waals surface area contributed by atoms with Crippen molar-refractivity contribution < 1.29 is 22.7 Å². The molecule has 1 aliphatic heterocycles. The van der Waals surface area contributed by atoms with Crippen LogP contribution in [0.25, 0.3) is 11.1 Å². The van der Waals surface area contributed by atoms with Crippen LogP contribution in [0, 0.1) is 12.7 Å². The first kappa shape index (κ1) is 18.1. The van der Waals surface area contributed by atoms with Crippen LogP contribution in [0.5, 0.6) is 0 Å². The Balaban J connectivity index is 2.21. The SMILES string of the molecule is CC1=NN(S(=O)(=O)c2ccc(C)cc2-c2ccccc2F)C(C(=O)O)C1. The molecule has 0 aliphatic carbocycles. The number of halogens is 1. The van der Waals surface area contributed by atoms with Gasteiger partial charge in [-0.1, -0.05) is 29.8 Å². The van der Waals surface area contributed by atoms with Crippen molar-refractivity contribution in [1.29, 1.82) is 0 Å². The fourth-order valence-corrected chi connectivity index (χ4v) is 4.53. The van der Waals surface area contributed by atoms with Crippen LogP contribution in [0.15, 0.2) is 52.5 Å². The van der Waals surface area contributed by atoms with Crippen LogP contribution in [-0.4, -0.2) is 35.7 Å². The van der Waals surface area contributed by atoms with E-state index >= 15 is 0 Å². The molecular weight excluding hydrogens is 359 g/mol. The number of benzene rings is 2. The van der Waals surface area contributed by atoms with Crippen LogP contribution < -0.4 is 0 Å². The largest absolute Gasteiger partial charge is 0.480 e. The Bertz CT molecular complexity index is 1020. The van der Waals surface area contributed by atoms with Crippen LogP contribution in [0.1, 0.15) is 18.9 Å². The normalized spacial score (nSPS) is 17.3. The van der Waals surface area contributed by atoms with Gasteiger partial charge in [0.05, 0.1) is 4.90 Å². The molecular formula is C18H17FN2O4S. The van der Waals surface area contributed by atoms with Crippen LogP contribution >= 0.6 is 0 Å². The van der Waals surface area contributed by atoms with Gasteiger partial charge < -0.3 is 5.11 Å². The van der Waals surface area contributed by atoms with Crippen molar-refractivity contribution in [3.05, 3.63) is 53.8 Å². The van der Waals surface area contributed by atoms with Crippen molar-refractivity contribution in [1.82, 2.24) is 4.41 Å². The van der Waals surface area contributed by atoms with E-state index in [1.165, 1.54) is 24.3 Å². The first-order valence-corrected chi connectivity index (χ1v) is 9.32. The standard InChI is InChI=1S/C18H17FN2O4S/c1-11-7-8-17(14(9-11)13-5-3-4-6-15(13)19)26(24,25)21-16(18(22)23)10-12(2)20-21/h3-9,16H,10H2,1-2H3,(H,22,23). The Morgan fingerprint density at radius 1 is 1.19 bits per heavy atom. The van der Waals surface area contributed by atoms with Gasteiger partial charge in [-0.25, -0.2) is 9.18 Å². The van der Waals surface area contributed by atoms with Crippen LogP contribution in [0.3, 0.4) is 0 Å². The molecule has 0 saturated heterocycles. The van der Waals surface area contributed by atoms with Crippen LogP contribution in [0.2, 0.25) is 0 Å². The third-order valence-electron chi connectivity index (χ3n) is 4.13. The molecule has 136 valence electrons. The zero-order chi connectivity index (χ0) is 19.1. The van der Waals surface area contributed by atoms with Crippen LogP contribution in [-0.2, 0) is 14.8 Å². The van der Waals surface area contributed by atoms with E-state index in [1.54, 1.807) is 32.0 Å². The van der Waals surface area contributed by atoms with Crippen molar-refractivity contribution >= 4 is 21.7 Å². The molecule has 0 radical (unpaired) electrons. The van der Waals surface area contributed by atoms with E-state index in [1.807, 2.05) is 0 Å². The summed E-state index contributed by atoms with van der Waals surface area (Å²) < 4.78 is 41.2. The van der Waals surface area contributed by atoms with E-state index in [2.05, 4.69) is 5.10 Å². The lowest BCUT2D eigenvalue weighted by molar-refractivity contribution is -0.140. The maximum Gasteiger partial charge on any atom is 0.329 e. The molecule has 0 bridgehead atoms. The monoisotopic (exact) mass is 376 g/mol. The first-order valence-electron chi connectivity index (χ1n) is 7.88. The lowest BCUT2D eigenvalue weighted by Crippen LogP contribution is -2.38. The highest BCUT2D eigenvalue weighted by Crippen LogP contribution is 2.34. The summed E-state index contributed by atoms with van der Waals surface area (Å²) in [6.45, 7) is 3.33. The van der Waals surface area contributed by atoms with Crippen molar-refractivity contribution in [2.45, 2.75) is 31.2 Å². The van der Waals surface area contributed by atoms with Gasteiger partial charge in [0.15, 0.2) is 6.04 Å². The zero-order valence-corrected chi connectivity index (χ0v) is 15.0. The fourth-order valence-electron chi connectivity index (χ4n) is 2.90. The molecule has 0 saturated carbocycles. The highest BCUT2D eigenvalue weighted by atomic mass is 32.2. The summed E-state index contributed by atoms with van der Waals surface area (Å²) in [5.41, 5.74) is 1.45. The first-order chi connectivity index (χ1) is 12.2. The van der Waals surface area contributed by atoms with E-state index in [0.29, 0.717) is 10.1 Å². The third-order valence-corrected chi connectivity index (χ3v) is 5.87. The minimum absolute atomic E-state index is 0.00938. The topological polar surface area (TPSA) is 87.0 Å². The molecule has 1 atom stereocenters. The number of nitrogens with zero attached hydrogens (tertiary/aromatic N) is 2. The molecule has 1 heterocycles. The number of hydrogen-bond donors (Lipinski definition) is 1.